The van der Waals surface area contributed by atoms with Gasteiger partial charge in [-0.3, -0.25) is 0 Å². The topological polar surface area (TPSA) is 60.4 Å². The fraction of sp³-hybridized carbons (Fsp3) is 0.389. The van der Waals surface area contributed by atoms with Crippen LogP contribution in [-0.2, 0) is 11.3 Å². The van der Waals surface area contributed by atoms with Crippen LogP contribution < -0.4 is 0 Å². The van der Waals surface area contributed by atoms with Crippen LogP contribution in [-0.4, -0.2) is 34.5 Å². The number of aromatic nitrogens is 2. The molecule has 0 aliphatic carbocycles. The minimum absolute atomic E-state index is 0.139. The Kier molecular flexibility index (Phi) is 3.67. The standard InChI is InChI=1S/C18H20N2O3/c21-13-18(5-9-22-10-6-18)12-20-8-7-19-17(20)16-11-14-3-1-2-4-15(14)23-16/h1-4,7-8,11,21H,5-6,9-10,12-13H2. The first kappa shape index (κ1) is 14.5. The molecule has 1 aliphatic heterocycles. The van der Waals surface area contributed by atoms with Gasteiger partial charge in [-0.05, 0) is 25.0 Å². The van der Waals surface area contributed by atoms with Crippen molar-refractivity contribution in [1.82, 2.24) is 9.55 Å². The zero-order valence-electron chi connectivity index (χ0n) is 12.9. The van der Waals surface area contributed by atoms with E-state index in [9.17, 15) is 5.11 Å². The van der Waals surface area contributed by atoms with Crippen LogP contribution in [0.15, 0.2) is 47.1 Å². The molecule has 3 aromatic rings. The lowest BCUT2D eigenvalue weighted by Gasteiger charge is -2.36. The molecule has 0 saturated carbocycles. The molecule has 1 fully saturated rings. The normalized spacial score (nSPS) is 17.6. The average Bonchev–Trinajstić information content (AvgIpc) is 3.21. The zero-order valence-corrected chi connectivity index (χ0v) is 12.9. The molecule has 5 nitrogen and oxygen atoms in total. The summed E-state index contributed by atoms with van der Waals surface area (Å²) in [6.07, 6.45) is 5.46. The molecule has 23 heavy (non-hydrogen) atoms. The molecule has 0 atom stereocenters. The lowest BCUT2D eigenvalue weighted by Crippen LogP contribution is -2.37. The highest BCUT2D eigenvalue weighted by Crippen LogP contribution is 2.34. The van der Waals surface area contributed by atoms with E-state index in [-0.39, 0.29) is 12.0 Å². The van der Waals surface area contributed by atoms with Crippen LogP contribution in [0.2, 0.25) is 0 Å². The summed E-state index contributed by atoms with van der Waals surface area (Å²) in [5.74, 6) is 1.57. The van der Waals surface area contributed by atoms with E-state index >= 15 is 0 Å². The minimum atomic E-state index is -0.139. The molecular weight excluding hydrogens is 292 g/mol. The van der Waals surface area contributed by atoms with Crippen molar-refractivity contribution in [2.24, 2.45) is 5.41 Å². The van der Waals surface area contributed by atoms with Gasteiger partial charge in [0.25, 0.3) is 0 Å². The fourth-order valence-electron chi connectivity index (χ4n) is 3.29. The fourth-order valence-corrected chi connectivity index (χ4v) is 3.29. The second-order valence-electron chi connectivity index (χ2n) is 6.30. The van der Waals surface area contributed by atoms with Crippen molar-refractivity contribution >= 4 is 11.0 Å². The van der Waals surface area contributed by atoms with Gasteiger partial charge in [-0.15, -0.1) is 0 Å². The predicted molar refractivity (Wildman–Crippen MR) is 87.0 cm³/mol. The Morgan fingerprint density at radius 2 is 2.04 bits per heavy atom. The number of ether oxygens (including phenoxy) is 1. The first-order valence-electron chi connectivity index (χ1n) is 7.98. The molecule has 4 rings (SSSR count). The van der Waals surface area contributed by atoms with Crippen molar-refractivity contribution in [3.63, 3.8) is 0 Å². The number of furan rings is 1. The lowest BCUT2D eigenvalue weighted by molar-refractivity contribution is -0.0251. The highest BCUT2D eigenvalue weighted by atomic mass is 16.5. The summed E-state index contributed by atoms with van der Waals surface area (Å²) in [6.45, 7) is 2.29. The Morgan fingerprint density at radius 3 is 2.83 bits per heavy atom. The Labute approximate surface area is 134 Å². The van der Waals surface area contributed by atoms with Crippen molar-refractivity contribution < 1.29 is 14.3 Å². The van der Waals surface area contributed by atoms with Gasteiger partial charge in [0.1, 0.15) is 5.58 Å². The van der Waals surface area contributed by atoms with E-state index in [1.54, 1.807) is 6.20 Å². The number of para-hydroxylation sites is 1. The van der Waals surface area contributed by atoms with Crippen LogP contribution in [0.3, 0.4) is 0 Å². The van der Waals surface area contributed by atoms with E-state index in [0.717, 1.165) is 41.9 Å². The predicted octanol–water partition coefficient (Wildman–Crippen LogP) is 3.09. The largest absolute Gasteiger partial charge is 0.453 e. The summed E-state index contributed by atoms with van der Waals surface area (Å²) in [6, 6.07) is 9.97. The van der Waals surface area contributed by atoms with Gasteiger partial charge < -0.3 is 18.8 Å². The summed E-state index contributed by atoms with van der Waals surface area (Å²) in [5.41, 5.74) is 0.722. The molecule has 0 unspecified atom stereocenters. The zero-order chi connectivity index (χ0) is 15.7. The molecule has 1 aromatic carbocycles. The van der Waals surface area contributed by atoms with Crippen molar-refractivity contribution in [1.29, 1.82) is 0 Å². The lowest BCUT2D eigenvalue weighted by atomic mass is 9.81. The van der Waals surface area contributed by atoms with Gasteiger partial charge in [0.15, 0.2) is 11.6 Å². The number of aliphatic hydroxyl groups is 1. The van der Waals surface area contributed by atoms with Gasteiger partial charge in [0.2, 0.25) is 0 Å². The van der Waals surface area contributed by atoms with Crippen LogP contribution >= 0.6 is 0 Å². The van der Waals surface area contributed by atoms with Crippen molar-refractivity contribution in [2.45, 2.75) is 19.4 Å². The molecule has 2 aromatic heterocycles. The smallest absolute Gasteiger partial charge is 0.176 e. The number of nitrogens with zero attached hydrogens (tertiary/aromatic N) is 2. The third-order valence-corrected chi connectivity index (χ3v) is 4.76. The van der Waals surface area contributed by atoms with Gasteiger partial charge in [-0.25, -0.2) is 4.98 Å². The van der Waals surface area contributed by atoms with E-state index in [0.29, 0.717) is 13.2 Å². The van der Waals surface area contributed by atoms with Gasteiger partial charge in [-0.1, -0.05) is 18.2 Å². The molecule has 5 heteroatoms. The van der Waals surface area contributed by atoms with Crippen molar-refractivity contribution in [3.05, 3.63) is 42.7 Å². The highest BCUT2D eigenvalue weighted by molar-refractivity contribution is 5.81. The van der Waals surface area contributed by atoms with E-state index in [1.807, 2.05) is 36.5 Å². The summed E-state index contributed by atoms with van der Waals surface area (Å²) < 4.78 is 13.5. The van der Waals surface area contributed by atoms with Crippen LogP contribution in [0.5, 0.6) is 0 Å². The maximum atomic E-state index is 9.90. The van der Waals surface area contributed by atoms with Crippen LogP contribution in [0.25, 0.3) is 22.6 Å². The highest BCUT2D eigenvalue weighted by Gasteiger charge is 2.33. The van der Waals surface area contributed by atoms with Gasteiger partial charge in [0.05, 0.1) is 6.61 Å². The number of fused-ring (bicyclic) bond motifs is 1. The number of rotatable bonds is 4. The first-order chi connectivity index (χ1) is 11.3. The molecule has 120 valence electrons. The summed E-state index contributed by atoms with van der Waals surface area (Å²) in [4.78, 5) is 4.47. The van der Waals surface area contributed by atoms with Gasteiger partial charge in [-0.2, -0.15) is 0 Å². The summed E-state index contributed by atoms with van der Waals surface area (Å²) in [7, 11) is 0. The van der Waals surface area contributed by atoms with E-state index in [1.165, 1.54) is 0 Å². The first-order valence-corrected chi connectivity index (χ1v) is 7.98. The third-order valence-electron chi connectivity index (χ3n) is 4.76. The number of aliphatic hydroxyl groups excluding tert-OH is 1. The molecule has 1 saturated heterocycles. The molecule has 1 aliphatic rings. The van der Waals surface area contributed by atoms with Gasteiger partial charge >= 0.3 is 0 Å². The quantitative estimate of drug-likeness (QED) is 0.804. The van der Waals surface area contributed by atoms with E-state index < -0.39 is 0 Å². The molecule has 0 spiro atoms. The second-order valence-corrected chi connectivity index (χ2v) is 6.30. The molecule has 0 bridgehead atoms. The summed E-state index contributed by atoms with van der Waals surface area (Å²) in [5, 5.41) is 11.0. The van der Waals surface area contributed by atoms with Crippen LogP contribution in [0.4, 0.5) is 0 Å². The monoisotopic (exact) mass is 312 g/mol. The molecule has 0 radical (unpaired) electrons. The number of imidazole rings is 1. The molecule has 3 heterocycles. The second kappa shape index (κ2) is 5.83. The maximum Gasteiger partial charge on any atom is 0.176 e. The van der Waals surface area contributed by atoms with Crippen molar-refractivity contribution in [3.8, 4) is 11.6 Å². The number of hydrogen-bond acceptors (Lipinski definition) is 4. The van der Waals surface area contributed by atoms with Crippen molar-refractivity contribution in [2.75, 3.05) is 19.8 Å². The molecule has 1 N–H and O–H groups in total. The van der Waals surface area contributed by atoms with E-state index in [2.05, 4.69) is 9.55 Å². The number of benzene rings is 1. The Hall–Kier alpha value is -2.11. The molecular formula is C18H20N2O3. The maximum absolute atomic E-state index is 9.90. The molecule has 0 amide bonds. The SMILES string of the molecule is OCC1(Cn2ccnc2-c2cc3ccccc3o2)CCOCC1. The average molecular weight is 312 g/mol. The van der Waals surface area contributed by atoms with E-state index in [4.69, 9.17) is 9.15 Å². The Morgan fingerprint density at radius 1 is 1.22 bits per heavy atom. The number of hydrogen-bond donors (Lipinski definition) is 1. The van der Waals surface area contributed by atoms with Crippen LogP contribution in [0.1, 0.15) is 12.8 Å². The van der Waals surface area contributed by atoms with Gasteiger partial charge in [0, 0.05) is 43.0 Å². The summed E-state index contributed by atoms with van der Waals surface area (Å²) >= 11 is 0. The Balaban J connectivity index is 1.67. The minimum Gasteiger partial charge on any atom is -0.453 e. The third kappa shape index (κ3) is 2.66. The Bertz CT molecular complexity index is 766. The van der Waals surface area contributed by atoms with Crippen LogP contribution in [0, 0.1) is 5.41 Å².